The van der Waals surface area contributed by atoms with Gasteiger partial charge in [-0.2, -0.15) is 0 Å². The van der Waals surface area contributed by atoms with Gasteiger partial charge in [-0.3, -0.25) is 4.79 Å². The summed E-state index contributed by atoms with van der Waals surface area (Å²) in [6.45, 7) is 6.44. The lowest BCUT2D eigenvalue weighted by Crippen LogP contribution is -2.26. The van der Waals surface area contributed by atoms with E-state index in [4.69, 9.17) is 4.74 Å². The molecule has 0 bridgehead atoms. The summed E-state index contributed by atoms with van der Waals surface area (Å²) in [5.41, 5.74) is 7.63. The molecular formula is C41H42FO2P. The highest BCUT2D eigenvalue weighted by atomic mass is 31.1. The molecule has 45 heavy (non-hydrogen) atoms. The predicted molar refractivity (Wildman–Crippen MR) is 187 cm³/mol. The lowest BCUT2D eigenvalue weighted by molar-refractivity contribution is 0.101. The first-order chi connectivity index (χ1) is 21.9. The smallest absolute Gasteiger partial charge is 0.160 e. The van der Waals surface area contributed by atoms with E-state index in [1.165, 1.54) is 41.3 Å². The standard InChI is InChI=1S/C41H42FO2P/c1-4-23-41(5-2,45-39-22-21-36(42)28-37(39)30(3)43)38-27-34(24-31-15-9-6-10-16-31)26-35(25-32-17-11-7-12-18-32)40(38)44-29-33-19-13-8-14-20-33/h6-22,26-28,45H,4-5,23-25,29H2,1-3H3. The van der Waals surface area contributed by atoms with Gasteiger partial charge >= 0.3 is 0 Å². The minimum atomic E-state index is -0.381. The van der Waals surface area contributed by atoms with Crippen LogP contribution in [0.15, 0.2) is 121 Å². The predicted octanol–water partition coefficient (Wildman–Crippen LogP) is 10.2. The molecule has 0 heterocycles. The van der Waals surface area contributed by atoms with Crippen LogP contribution in [0.5, 0.6) is 5.75 Å². The number of ketones is 1. The second-order valence-electron chi connectivity index (χ2n) is 11.8. The van der Waals surface area contributed by atoms with Crippen molar-refractivity contribution in [2.75, 3.05) is 0 Å². The van der Waals surface area contributed by atoms with E-state index in [-0.39, 0.29) is 25.3 Å². The van der Waals surface area contributed by atoms with Crippen molar-refractivity contribution in [3.8, 4) is 5.75 Å². The molecule has 0 aliphatic carbocycles. The van der Waals surface area contributed by atoms with Crippen LogP contribution in [-0.2, 0) is 24.6 Å². The average Bonchev–Trinajstić information content (AvgIpc) is 3.06. The summed E-state index contributed by atoms with van der Waals surface area (Å²) in [6.07, 6.45) is 4.28. The van der Waals surface area contributed by atoms with E-state index in [2.05, 4.69) is 92.7 Å². The fraction of sp³-hybridized carbons (Fsp3) is 0.244. The summed E-state index contributed by atoms with van der Waals surface area (Å²) in [6, 6.07) is 40.8. The number of hydrogen-bond donors (Lipinski definition) is 0. The van der Waals surface area contributed by atoms with Crippen molar-refractivity contribution in [1.29, 1.82) is 0 Å². The third kappa shape index (κ3) is 8.16. The minimum absolute atomic E-state index is 0.110. The molecule has 0 N–H and O–H groups in total. The Hall–Kier alpha value is -4.07. The van der Waals surface area contributed by atoms with E-state index >= 15 is 0 Å². The molecule has 0 aromatic heterocycles. The van der Waals surface area contributed by atoms with Crippen LogP contribution in [0.2, 0.25) is 0 Å². The molecule has 4 heteroatoms. The molecule has 5 aromatic rings. The first-order valence-electron chi connectivity index (χ1n) is 15.9. The molecular weight excluding hydrogens is 574 g/mol. The fourth-order valence-electron chi connectivity index (χ4n) is 6.21. The molecule has 0 fully saturated rings. The number of ether oxygens (including phenoxy) is 1. The van der Waals surface area contributed by atoms with Crippen LogP contribution in [0.1, 0.15) is 83.8 Å². The van der Waals surface area contributed by atoms with E-state index in [1.807, 2.05) is 30.3 Å². The van der Waals surface area contributed by atoms with Crippen molar-refractivity contribution in [3.05, 3.63) is 166 Å². The van der Waals surface area contributed by atoms with Gasteiger partial charge in [0.05, 0.1) is 0 Å². The number of hydrogen-bond acceptors (Lipinski definition) is 2. The summed E-state index contributed by atoms with van der Waals surface area (Å²) in [5, 5.41) is 0.604. The topological polar surface area (TPSA) is 26.3 Å². The van der Waals surface area contributed by atoms with Gasteiger partial charge < -0.3 is 4.74 Å². The maximum absolute atomic E-state index is 14.4. The highest BCUT2D eigenvalue weighted by Crippen LogP contribution is 2.52. The fourth-order valence-corrected chi connectivity index (χ4v) is 8.15. The van der Waals surface area contributed by atoms with Crippen LogP contribution >= 0.6 is 8.58 Å². The molecule has 0 saturated carbocycles. The Kier molecular flexibility index (Phi) is 11.0. The van der Waals surface area contributed by atoms with Gasteiger partial charge in [0.1, 0.15) is 18.2 Å². The van der Waals surface area contributed by atoms with Crippen molar-refractivity contribution >= 4 is 19.7 Å². The highest BCUT2D eigenvalue weighted by Gasteiger charge is 2.35. The molecule has 0 aliphatic rings. The van der Waals surface area contributed by atoms with Gasteiger partial charge in [-0.25, -0.2) is 4.39 Å². The second kappa shape index (κ2) is 15.3. The zero-order chi connectivity index (χ0) is 31.6. The maximum atomic E-state index is 14.4. The van der Waals surface area contributed by atoms with Crippen molar-refractivity contribution in [2.45, 2.75) is 64.6 Å². The molecule has 0 spiro atoms. The molecule has 0 amide bonds. The third-order valence-electron chi connectivity index (χ3n) is 8.47. The monoisotopic (exact) mass is 616 g/mol. The molecule has 5 rings (SSSR count). The number of halogens is 1. The van der Waals surface area contributed by atoms with Crippen LogP contribution in [0.3, 0.4) is 0 Å². The molecule has 0 radical (unpaired) electrons. The molecule has 5 aromatic carbocycles. The lowest BCUT2D eigenvalue weighted by atomic mass is 9.85. The van der Waals surface area contributed by atoms with E-state index in [0.29, 0.717) is 12.2 Å². The largest absolute Gasteiger partial charge is 0.488 e. The molecule has 2 atom stereocenters. The van der Waals surface area contributed by atoms with Gasteiger partial charge in [0.15, 0.2) is 5.78 Å². The zero-order valence-electron chi connectivity index (χ0n) is 26.5. The van der Waals surface area contributed by atoms with E-state index in [9.17, 15) is 9.18 Å². The van der Waals surface area contributed by atoms with E-state index < -0.39 is 0 Å². The van der Waals surface area contributed by atoms with Crippen LogP contribution < -0.4 is 10.0 Å². The summed E-state index contributed by atoms with van der Waals surface area (Å²) in [5.74, 6) is 0.434. The Labute approximate surface area is 269 Å². The number of rotatable bonds is 14. The Morgan fingerprint density at radius 3 is 1.91 bits per heavy atom. The molecule has 2 nitrogen and oxygen atoms in total. The molecule has 230 valence electrons. The first-order valence-corrected chi connectivity index (χ1v) is 16.9. The van der Waals surface area contributed by atoms with Crippen molar-refractivity contribution < 1.29 is 13.9 Å². The van der Waals surface area contributed by atoms with Crippen molar-refractivity contribution in [3.63, 3.8) is 0 Å². The molecule has 0 aliphatic heterocycles. The van der Waals surface area contributed by atoms with Crippen LogP contribution in [0.4, 0.5) is 4.39 Å². The number of carbonyl (C=O) groups is 1. The summed E-state index contributed by atoms with van der Waals surface area (Å²) in [7, 11) is 0.267. The van der Waals surface area contributed by atoms with Crippen LogP contribution in [0, 0.1) is 5.82 Å². The maximum Gasteiger partial charge on any atom is 0.160 e. The van der Waals surface area contributed by atoms with Crippen LogP contribution in [0.25, 0.3) is 0 Å². The summed E-state index contributed by atoms with van der Waals surface area (Å²) < 4.78 is 21.3. The Morgan fingerprint density at radius 1 is 0.733 bits per heavy atom. The first kappa shape index (κ1) is 32.3. The number of benzene rings is 5. The quantitative estimate of drug-likeness (QED) is 0.0917. The average molecular weight is 617 g/mol. The third-order valence-corrected chi connectivity index (χ3v) is 10.5. The van der Waals surface area contributed by atoms with E-state index in [0.717, 1.165) is 54.3 Å². The number of Topliss-reactive ketones (excluding diaryl/α,β-unsaturated/α-hetero) is 1. The van der Waals surface area contributed by atoms with Gasteiger partial charge in [0.2, 0.25) is 0 Å². The summed E-state index contributed by atoms with van der Waals surface area (Å²) >= 11 is 0. The van der Waals surface area contributed by atoms with Crippen molar-refractivity contribution in [2.24, 2.45) is 0 Å². The van der Waals surface area contributed by atoms with Crippen molar-refractivity contribution in [1.82, 2.24) is 0 Å². The molecule has 2 unspecified atom stereocenters. The van der Waals surface area contributed by atoms with E-state index in [1.54, 1.807) is 0 Å². The van der Waals surface area contributed by atoms with Gasteiger partial charge in [0, 0.05) is 22.7 Å². The summed E-state index contributed by atoms with van der Waals surface area (Å²) in [4.78, 5) is 12.7. The number of carbonyl (C=O) groups excluding carboxylic acids is 1. The van der Waals surface area contributed by atoms with Gasteiger partial charge in [-0.1, -0.05) is 138 Å². The van der Waals surface area contributed by atoms with Crippen LogP contribution in [-0.4, -0.2) is 5.78 Å². The molecule has 0 saturated heterocycles. The zero-order valence-corrected chi connectivity index (χ0v) is 27.5. The van der Waals surface area contributed by atoms with Gasteiger partial charge in [-0.15, -0.1) is 0 Å². The second-order valence-corrected chi connectivity index (χ2v) is 13.5. The van der Waals surface area contributed by atoms with Gasteiger partial charge in [0.25, 0.3) is 0 Å². The SMILES string of the molecule is CCCC(CC)(Pc1ccc(F)cc1C(C)=O)c1cc(Cc2ccccc2)cc(Cc2ccccc2)c1OCc1ccccc1. The normalized spacial score (nSPS) is 12.7. The highest BCUT2D eigenvalue weighted by molar-refractivity contribution is 7.48. The lowest BCUT2D eigenvalue weighted by Gasteiger charge is -2.37. The Bertz CT molecular complexity index is 1700. The Morgan fingerprint density at radius 2 is 1.33 bits per heavy atom. The van der Waals surface area contributed by atoms with Gasteiger partial charge in [-0.05, 0) is 71.4 Å². The Balaban J connectivity index is 1.72. The minimum Gasteiger partial charge on any atom is -0.488 e.